The number of anilines is 1. The minimum atomic E-state index is -0.514. The van der Waals surface area contributed by atoms with Gasteiger partial charge in [0.2, 0.25) is 0 Å². The van der Waals surface area contributed by atoms with Crippen molar-refractivity contribution in [2.75, 3.05) is 31.1 Å². The molecule has 6 nitrogen and oxygen atoms in total. The Morgan fingerprint density at radius 2 is 1.93 bits per heavy atom. The second-order valence-corrected chi connectivity index (χ2v) is 8.95. The van der Waals surface area contributed by atoms with Crippen LogP contribution in [0.15, 0.2) is 24.3 Å². The molecule has 0 atom stereocenters. The fraction of sp³-hybridized carbons (Fsp3) is 0.421. The fourth-order valence-electron chi connectivity index (χ4n) is 2.79. The summed E-state index contributed by atoms with van der Waals surface area (Å²) in [7, 11) is 0. The lowest BCUT2D eigenvalue weighted by molar-refractivity contribution is 0.0240. The van der Waals surface area contributed by atoms with Crippen molar-refractivity contribution < 1.29 is 9.53 Å². The number of thiophene rings is 1. The van der Waals surface area contributed by atoms with Gasteiger partial charge in [0, 0.05) is 26.2 Å². The lowest BCUT2D eigenvalue weighted by Gasteiger charge is -2.36. The predicted molar refractivity (Wildman–Crippen MR) is 107 cm³/mol. The molecule has 3 rings (SSSR count). The molecule has 0 unspecified atom stereocenters. The van der Waals surface area contributed by atoms with Crippen LogP contribution in [-0.2, 0) is 4.74 Å². The molecule has 1 amide bonds. The number of ether oxygens (including phenoxy) is 1. The number of nitriles is 1. The van der Waals surface area contributed by atoms with Crippen LogP contribution in [-0.4, -0.2) is 47.8 Å². The zero-order valence-electron chi connectivity index (χ0n) is 15.5. The largest absolute Gasteiger partial charge is 0.444 e. The molecule has 1 saturated heterocycles. The Hall–Kier alpha value is -2.30. The van der Waals surface area contributed by atoms with Gasteiger partial charge < -0.3 is 14.5 Å². The molecular formula is C19H21ClN4O2S. The first-order valence-corrected chi connectivity index (χ1v) is 9.86. The highest BCUT2D eigenvalue weighted by Crippen LogP contribution is 2.32. The zero-order valence-corrected chi connectivity index (χ0v) is 17.1. The molecule has 2 aromatic rings. The van der Waals surface area contributed by atoms with Crippen molar-refractivity contribution >= 4 is 34.8 Å². The number of aromatic nitrogens is 1. The van der Waals surface area contributed by atoms with E-state index >= 15 is 0 Å². The highest BCUT2D eigenvalue weighted by Gasteiger charge is 2.27. The number of piperazine rings is 1. The molecule has 8 heteroatoms. The molecule has 3 heterocycles. The quantitative estimate of drug-likeness (QED) is 0.742. The minimum Gasteiger partial charge on any atom is -0.444 e. The van der Waals surface area contributed by atoms with Gasteiger partial charge in [-0.25, -0.2) is 9.78 Å². The fourth-order valence-corrected chi connectivity index (χ4v) is 3.81. The number of pyridine rings is 1. The van der Waals surface area contributed by atoms with Crippen molar-refractivity contribution in [2.24, 2.45) is 0 Å². The van der Waals surface area contributed by atoms with Crippen LogP contribution in [0.25, 0.3) is 10.6 Å². The molecule has 2 aromatic heterocycles. The molecule has 1 fully saturated rings. The summed E-state index contributed by atoms with van der Waals surface area (Å²) < 4.78 is 6.13. The predicted octanol–water partition coefficient (Wildman–Crippen LogP) is 4.39. The maximum absolute atomic E-state index is 12.2. The third-order valence-electron chi connectivity index (χ3n) is 4.05. The topological polar surface area (TPSA) is 69.5 Å². The van der Waals surface area contributed by atoms with Crippen LogP contribution in [0.1, 0.15) is 26.3 Å². The Morgan fingerprint density at radius 3 is 2.48 bits per heavy atom. The first kappa shape index (κ1) is 19.5. The molecule has 0 bridgehead atoms. The number of rotatable bonds is 2. The maximum atomic E-state index is 12.2. The van der Waals surface area contributed by atoms with E-state index in [-0.39, 0.29) is 6.09 Å². The van der Waals surface area contributed by atoms with Gasteiger partial charge in [0.05, 0.1) is 20.5 Å². The summed E-state index contributed by atoms with van der Waals surface area (Å²) in [5, 5.41) is 9.46. The molecule has 27 heavy (non-hydrogen) atoms. The van der Waals surface area contributed by atoms with Crippen LogP contribution in [0.5, 0.6) is 0 Å². The van der Waals surface area contributed by atoms with Crippen molar-refractivity contribution in [2.45, 2.75) is 26.4 Å². The van der Waals surface area contributed by atoms with E-state index in [1.54, 1.807) is 11.0 Å². The Balaban J connectivity index is 1.75. The Labute approximate surface area is 167 Å². The SMILES string of the molecule is CC(C)(C)OC(=O)N1CCN(c2nc(-c3ccc(Cl)s3)ccc2C#N)CC1. The molecule has 1 aliphatic heterocycles. The number of nitrogens with zero attached hydrogens (tertiary/aromatic N) is 4. The van der Waals surface area contributed by atoms with E-state index in [4.69, 9.17) is 21.3 Å². The van der Waals surface area contributed by atoms with Gasteiger partial charge in [0.1, 0.15) is 17.5 Å². The average Bonchev–Trinajstić information content (AvgIpc) is 3.06. The Kier molecular flexibility index (Phi) is 5.59. The van der Waals surface area contributed by atoms with Gasteiger partial charge in [-0.05, 0) is 45.0 Å². The van der Waals surface area contributed by atoms with Crippen molar-refractivity contribution in [3.63, 3.8) is 0 Å². The molecule has 0 saturated carbocycles. The summed E-state index contributed by atoms with van der Waals surface area (Å²) in [4.78, 5) is 21.6. The van der Waals surface area contributed by atoms with Gasteiger partial charge in [-0.3, -0.25) is 0 Å². The van der Waals surface area contributed by atoms with Gasteiger partial charge in [0.15, 0.2) is 0 Å². The van der Waals surface area contributed by atoms with Crippen molar-refractivity contribution in [3.05, 3.63) is 34.2 Å². The molecule has 1 aliphatic rings. The van der Waals surface area contributed by atoms with Gasteiger partial charge in [-0.2, -0.15) is 5.26 Å². The van der Waals surface area contributed by atoms with Crippen molar-refractivity contribution in [1.29, 1.82) is 5.26 Å². The van der Waals surface area contributed by atoms with E-state index < -0.39 is 5.60 Å². The van der Waals surface area contributed by atoms with Gasteiger partial charge >= 0.3 is 6.09 Å². The monoisotopic (exact) mass is 404 g/mol. The van der Waals surface area contributed by atoms with E-state index in [1.165, 1.54) is 11.3 Å². The molecular weight excluding hydrogens is 384 g/mol. The van der Waals surface area contributed by atoms with Crippen LogP contribution in [0.4, 0.5) is 10.6 Å². The maximum Gasteiger partial charge on any atom is 0.410 e. The smallest absolute Gasteiger partial charge is 0.410 e. The number of amides is 1. The molecule has 0 aromatic carbocycles. The minimum absolute atomic E-state index is 0.308. The Bertz CT molecular complexity index is 877. The number of carbonyl (C=O) groups excluding carboxylic acids is 1. The normalized spacial score (nSPS) is 14.8. The van der Waals surface area contributed by atoms with Gasteiger partial charge in [-0.1, -0.05) is 11.6 Å². The van der Waals surface area contributed by atoms with Crippen LogP contribution in [0.3, 0.4) is 0 Å². The third kappa shape index (κ3) is 4.71. The van der Waals surface area contributed by atoms with Crippen LogP contribution in [0.2, 0.25) is 4.34 Å². The van der Waals surface area contributed by atoms with E-state index in [2.05, 4.69) is 6.07 Å². The number of carbonyl (C=O) groups is 1. The molecule has 142 valence electrons. The second kappa shape index (κ2) is 7.75. The third-order valence-corrected chi connectivity index (χ3v) is 5.31. The Morgan fingerprint density at radius 1 is 1.22 bits per heavy atom. The van der Waals surface area contributed by atoms with E-state index in [9.17, 15) is 10.1 Å². The standard InChI is InChI=1S/C19H21ClN4O2S/c1-19(2,3)26-18(25)24-10-8-23(9-11-24)17-13(12-21)4-5-14(22-17)15-6-7-16(20)27-15/h4-7H,8-11H2,1-3H3. The lowest BCUT2D eigenvalue weighted by atomic mass is 10.2. The highest BCUT2D eigenvalue weighted by molar-refractivity contribution is 7.19. The molecule has 0 spiro atoms. The molecule has 0 aliphatic carbocycles. The van der Waals surface area contributed by atoms with Crippen LogP contribution in [0, 0.1) is 11.3 Å². The van der Waals surface area contributed by atoms with Crippen molar-refractivity contribution in [3.8, 4) is 16.6 Å². The average molecular weight is 405 g/mol. The summed E-state index contributed by atoms with van der Waals surface area (Å²) in [6.07, 6.45) is -0.308. The summed E-state index contributed by atoms with van der Waals surface area (Å²) in [5.41, 5.74) is 0.794. The number of halogens is 1. The first-order chi connectivity index (χ1) is 12.8. The van der Waals surface area contributed by atoms with E-state index in [1.807, 2.05) is 43.9 Å². The first-order valence-electron chi connectivity index (χ1n) is 8.66. The summed E-state index contributed by atoms with van der Waals surface area (Å²) in [6.45, 7) is 7.80. The summed E-state index contributed by atoms with van der Waals surface area (Å²) in [6, 6.07) is 9.58. The second-order valence-electron chi connectivity index (χ2n) is 7.24. The van der Waals surface area contributed by atoms with E-state index in [0.29, 0.717) is 41.9 Å². The van der Waals surface area contributed by atoms with Crippen LogP contribution >= 0.6 is 22.9 Å². The van der Waals surface area contributed by atoms with E-state index in [0.717, 1.165) is 10.6 Å². The summed E-state index contributed by atoms with van der Waals surface area (Å²) >= 11 is 7.48. The number of hydrogen-bond donors (Lipinski definition) is 0. The summed E-state index contributed by atoms with van der Waals surface area (Å²) in [5.74, 6) is 0.642. The highest BCUT2D eigenvalue weighted by atomic mass is 35.5. The van der Waals surface area contributed by atoms with Crippen LogP contribution < -0.4 is 4.90 Å². The molecule has 0 radical (unpaired) electrons. The van der Waals surface area contributed by atoms with Gasteiger partial charge in [-0.15, -0.1) is 11.3 Å². The van der Waals surface area contributed by atoms with Crippen molar-refractivity contribution in [1.82, 2.24) is 9.88 Å². The van der Waals surface area contributed by atoms with Gasteiger partial charge in [0.25, 0.3) is 0 Å². The molecule has 0 N–H and O–H groups in total. The lowest BCUT2D eigenvalue weighted by Crippen LogP contribution is -2.50. The number of hydrogen-bond acceptors (Lipinski definition) is 6. The zero-order chi connectivity index (χ0) is 19.6.